The van der Waals surface area contributed by atoms with Crippen molar-refractivity contribution < 1.29 is 0 Å². The van der Waals surface area contributed by atoms with Crippen LogP contribution in [0.4, 0.5) is 0 Å². The highest BCUT2D eigenvalue weighted by atomic mass is 15.3. The van der Waals surface area contributed by atoms with Crippen molar-refractivity contribution >= 4 is 32.7 Å². The zero-order chi connectivity index (χ0) is 22.5. The fraction of sp³-hybridized carbons (Fsp3) is 0. The first kappa shape index (κ1) is 18.7. The van der Waals surface area contributed by atoms with Crippen molar-refractivity contribution in [3.8, 4) is 22.8 Å². The summed E-state index contributed by atoms with van der Waals surface area (Å²) in [6, 6.07) is 26.7. The summed E-state index contributed by atoms with van der Waals surface area (Å²) in [4.78, 5) is 13.4. The second-order valence-electron chi connectivity index (χ2n) is 8.16. The molecule has 7 aromatic rings. The third-order valence-electron chi connectivity index (χ3n) is 6.17. The molecule has 0 saturated carbocycles. The largest absolute Gasteiger partial charge is 0.306 e. The fourth-order valence-corrected chi connectivity index (χ4v) is 4.62. The van der Waals surface area contributed by atoms with Crippen molar-refractivity contribution in [1.82, 2.24) is 29.3 Å². The van der Waals surface area contributed by atoms with E-state index in [-0.39, 0.29) is 0 Å². The van der Waals surface area contributed by atoms with Crippen molar-refractivity contribution in [1.29, 1.82) is 0 Å². The van der Waals surface area contributed by atoms with Gasteiger partial charge in [0.2, 0.25) is 0 Å². The monoisotopic (exact) mass is 438 g/mol. The first-order valence-electron chi connectivity index (χ1n) is 11.1. The number of aromatic nitrogens is 6. The van der Waals surface area contributed by atoms with Crippen LogP contribution in [-0.4, -0.2) is 29.3 Å². The van der Waals surface area contributed by atoms with E-state index in [0.717, 1.165) is 49.6 Å². The number of pyridine rings is 1. The number of nitrogens with zero attached hydrogens (tertiary/aromatic N) is 6. The highest BCUT2D eigenvalue weighted by molar-refractivity contribution is 6.20. The first-order valence-corrected chi connectivity index (χ1v) is 11.1. The van der Waals surface area contributed by atoms with Crippen LogP contribution in [0, 0.1) is 0 Å². The first-order chi connectivity index (χ1) is 16.9. The minimum absolute atomic E-state index is 0.677. The SMILES string of the molecule is c1ccc(-n2cc3ccc4c(c5ccccc5n4-c4cnc(-c5ccncc5)nc4)c3n2)cc1. The molecule has 6 nitrogen and oxygen atoms in total. The molecule has 0 spiro atoms. The van der Waals surface area contributed by atoms with E-state index in [4.69, 9.17) is 5.10 Å². The zero-order valence-corrected chi connectivity index (χ0v) is 18.1. The van der Waals surface area contributed by atoms with Crippen LogP contribution < -0.4 is 0 Å². The smallest absolute Gasteiger partial charge is 0.159 e. The minimum atomic E-state index is 0.677. The van der Waals surface area contributed by atoms with Gasteiger partial charge in [-0.05, 0) is 42.5 Å². The Labute approximate surface area is 194 Å². The molecule has 0 N–H and O–H groups in total. The summed E-state index contributed by atoms with van der Waals surface area (Å²) in [5, 5.41) is 8.37. The molecular formula is C28H18N6. The van der Waals surface area contributed by atoms with Gasteiger partial charge in [-0.15, -0.1) is 0 Å². The molecule has 0 fully saturated rings. The predicted octanol–water partition coefficient (Wildman–Crippen LogP) is 5.97. The molecule has 0 aliphatic heterocycles. The Kier molecular flexibility index (Phi) is 4.04. The van der Waals surface area contributed by atoms with Crippen LogP contribution in [-0.2, 0) is 0 Å². The van der Waals surface area contributed by atoms with E-state index in [1.165, 1.54) is 0 Å². The number of hydrogen-bond acceptors (Lipinski definition) is 4. The molecule has 0 bridgehead atoms. The summed E-state index contributed by atoms with van der Waals surface area (Å²) in [7, 11) is 0. The van der Waals surface area contributed by atoms with Crippen molar-refractivity contribution in [3.63, 3.8) is 0 Å². The molecule has 0 amide bonds. The van der Waals surface area contributed by atoms with Gasteiger partial charge in [-0.2, -0.15) is 5.10 Å². The van der Waals surface area contributed by atoms with Crippen LogP contribution in [0.25, 0.3) is 55.5 Å². The third-order valence-corrected chi connectivity index (χ3v) is 6.17. The fourth-order valence-electron chi connectivity index (χ4n) is 4.62. The lowest BCUT2D eigenvalue weighted by atomic mass is 10.1. The second-order valence-corrected chi connectivity index (χ2v) is 8.16. The van der Waals surface area contributed by atoms with Crippen molar-refractivity contribution in [2.45, 2.75) is 0 Å². The number of rotatable bonds is 3. The van der Waals surface area contributed by atoms with E-state index >= 15 is 0 Å². The maximum absolute atomic E-state index is 4.99. The van der Waals surface area contributed by atoms with Crippen LogP contribution in [0.15, 0.2) is 110 Å². The van der Waals surface area contributed by atoms with E-state index in [9.17, 15) is 0 Å². The molecule has 0 aliphatic carbocycles. The van der Waals surface area contributed by atoms with E-state index in [0.29, 0.717) is 5.82 Å². The standard InChI is InChI=1S/C28H18N6/c1-2-6-21(7-3-1)33-18-20-10-11-25-26(27(20)32-33)23-8-4-5-9-24(23)34(25)22-16-30-28(31-17-22)19-12-14-29-15-13-19/h1-18H. The number of hydrogen-bond donors (Lipinski definition) is 0. The number of fused-ring (bicyclic) bond motifs is 5. The van der Waals surface area contributed by atoms with Gasteiger partial charge in [0.15, 0.2) is 5.82 Å². The molecule has 4 aromatic heterocycles. The Bertz CT molecular complexity index is 1780. The Morgan fingerprint density at radius 2 is 1.41 bits per heavy atom. The van der Waals surface area contributed by atoms with Gasteiger partial charge in [0, 0.05) is 40.3 Å². The molecule has 34 heavy (non-hydrogen) atoms. The second kappa shape index (κ2) is 7.35. The van der Waals surface area contributed by atoms with Crippen molar-refractivity contribution in [2.24, 2.45) is 0 Å². The van der Waals surface area contributed by atoms with Crippen LogP contribution >= 0.6 is 0 Å². The summed E-state index contributed by atoms with van der Waals surface area (Å²) in [5.41, 5.74) is 6.04. The lowest BCUT2D eigenvalue weighted by Crippen LogP contribution is -1.97. The van der Waals surface area contributed by atoms with Crippen LogP contribution in [0.1, 0.15) is 0 Å². The molecule has 0 unspecified atom stereocenters. The topological polar surface area (TPSA) is 61.4 Å². The van der Waals surface area contributed by atoms with E-state index in [1.54, 1.807) is 12.4 Å². The molecule has 3 aromatic carbocycles. The Morgan fingerprint density at radius 3 is 2.24 bits per heavy atom. The summed E-state index contributed by atoms with van der Waals surface area (Å²) in [6.07, 6.45) is 9.34. The van der Waals surface area contributed by atoms with Gasteiger partial charge >= 0.3 is 0 Å². The molecule has 4 heterocycles. The minimum Gasteiger partial charge on any atom is -0.306 e. The molecule has 6 heteroatoms. The van der Waals surface area contributed by atoms with Crippen molar-refractivity contribution in [3.05, 3.63) is 110 Å². The quantitative estimate of drug-likeness (QED) is 0.341. The molecule has 0 atom stereocenters. The van der Waals surface area contributed by atoms with E-state index < -0.39 is 0 Å². The number of benzene rings is 3. The Morgan fingerprint density at radius 1 is 0.647 bits per heavy atom. The highest BCUT2D eigenvalue weighted by Gasteiger charge is 2.17. The van der Waals surface area contributed by atoms with Gasteiger partial charge in [-0.3, -0.25) is 4.98 Å². The summed E-state index contributed by atoms with van der Waals surface area (Å²) in [6.45, 7) is 0. The van der Waals surface area contributed by atoms with Crippen LogP contribution in [0.2, 0.25) is 0 Å². The van der Waals surface area contributed by atoms with Gasteiger partial charge in [0.25, 0.3) is 0 Å². The summed E-state index contributed by atoms with van der Waals surface area (Å²) >= 11 is 0. The Balaban J connectivity index is 1.47. The van der Waals surface area contributed by atoms with Crippen LogP contribution in [0.5, 0.6) is 0 Å². The summed E-state index contributed by atoms with van der Waals surface area (Å²) < 4.78 is 4.16. The van der Waals surface area contributed by atoms with Gasteiger partial charge in [-0.25, -0.2) is 14.6 Å². The Hall–Kier alpha value is -4.84. The van der Waals surface area contributed by atoms with Gasteiger partial charge in [-0.1, -0.05) is 36.4 Å². The maximum atomic E-state index is 4.99. The van der Waals surface area contributed by atoms with Crippen LogP contribution in [0.3, 0.4) is 0 Å². The zero-order valence-electron chi connectivity index (χ0n) is 18.1. The number of para-hydroxylation sites is 2. The lowest BCUT2D eigenvalue weighted by Gasteiger charge is -2.08. The molecule has 0 saturated heterocycles. The molecule has 0 radical (unpaired) electrons. The van der Waals surface area contributed by atoms with E-state index in [2.05, 4.69) is 74.2 Å². The van der Waals surface area contributed by atoms with Gasteiger partial charge in [0.1, 0.15) is 5.52 Å². The van der Waals surface area contributed by atoms with Crippen molar-refractivity contribution in [2.75, 3.05) is 0 Å². The lowest BCUT2D eigenvalue weighted by molar-refractivity contribution is 0.898. The molecule has 0 aliphatic rings. The maximum Gasteiger partial charge on any atom is 0.159 e. The molecule has 7 rings (SSSR count). The van der Waals surface area contributed by atoms with E-state index in [1.807, 2.05) is 47.4 Å². The predicted molar refractivity (Wildman–Crippen MR) is 134 cm³/mol. The van der Waals surface area contributed by atoms with Gasteiger partial charge < -0.3 is 4.57 Å². The average molecular weight is 438 g/mol. The molecule has 160 valence electrons. The normalized spacial score (nSPS) is 11.5. The summed E-state index contributed by atoms with van der Waals surface area (Å²) in [5.74, 6) is 0.677. The third kappa shape index (κ3) is 2.82. The van der Waals surface area contributed by atoms with Gasteiger partial charge in [0.05, 0.1) is 34.8 Å². The average Bonchev–Trinajstić information content (AvgIpc) is 3.49. The highest BCUT2D eigenvalue weighted by Crippen LogP contribution is 2.36. The molecular weight excluding hydrogens is 420 g/mol.